The molecular weight excluding hydrogens is 420 g/mol. The van der Waals surface area contributed by atoms with E-state index in [-0.39, 0.29) is 0 Å². The molecule has 32 heavy (non-hydrogen) atoms. The summed E-state index contributed by atoms with van der Waals surface area (Å²) in [5, 5.41) is 3.53. The van der Waals surface area contributed by atoms with Crippen LogP contribution in [0.4, 0.5) is 17.3 Å². The molecule has 0 fully saturated rings. The van der Waals surface area contributed by atoms with Gasteiger partial charge in [-0.25, -0.2) is 9.97 Å². The first-order valence-electron chi connectivity index (χ1n) is 10.5. The Morgan fingerprint density at radius 1 is 1.09 bits per heavy atom. The second-order valence-electron chi connectivity index (χ2n) is 7.98. The number of aromatic nitrogens is 5. The average molecular weight is 445 g/mol. The normalized spacial score (nSPS) is 13.0. The molecule has 1 aliphatic rings. The molecule has 0 bridgehead atoms. The van der Waals surface area contributed by atoms with Crippen molar-refractivity contribution in [3.8, 4) is 22.0 Å². The van der Waals surface area contributed by atoms with Crippen LogP contribution in [0, 0.1) is 0 Å². The van der Waals surface area contributed by atoms with E-state index in [4.69, 9.17) is 9.97 Å². The number of nitrogens with zero attached hydrogens (tertiary/aromatic N) is 7. The summed E-state index contributed by atoms with van der Waals surface area (Å²) < 4.78 is 0. The Labute approximate surface area is 191 Å². The Balaban J connectivity index is 1.44. The van der Waals surface area contributed by atoms with Gasteiger partial charge < -0.3 is 15.1 Å². The van der Waals surface area contributed by atoms with Crippen molar-refractivity contribution in [1.29, 1.82) is 0 Å². The van der Waals surface area contributed by atoms with Crippen LogP contribution in [-0.2, 0) is 6.54 Å². The fraction of sp³-hybridized carbons (Fsp3) is 0.261. The maximum atomic E-state index is 4.89. The van der Waals surface area contributed by atoms with Crippen molar-refractivity contribution in [2.45, 2.75) is 26.4 Å². The predicted octanol–water partition coefficient (Wildman–Crippen LogP) is 4.29. The Bertz CT molecular complexity index is 1190. The first kappa shape index (κ1) is 20.3. The molecule has 8 nitrogen and oxygen atoms in total. The van der Waals surface area contributed by atoms with Gasteiger partial charge in [-0.3, -0.25) is 15.0 Å². The van der Waals surface area contributed by atoms with Gasteiger partial charge in [-0.1, -0.05) is 6.07 Å². The molecule has 1 N–H and O–H groups in total. The van der Waals surface area contributed by atoms with Gasteiger partial charge in [0.2, 0.25) is 0 Å². The minimum atomic E-state index is 0.333. The van der Waals surface area contributed by atoms with E-state index in [0.717, 1.165) is 45.7 Å². The Kier molecular flexibility index (Phi) is 5.40. The van der Waals surface area contributed by atoms with Crippen molar-refractivity contribution in [3.05, 3.63) is 60.1 Å². The lowest BCUT2D eigenvalue weighted by Crippen LogP contribution is -2.34. The summed E-state index contributed by atoms with van der Waals surface area (Å²) in [6, 6.07) is 8.36. The highest BCUT2D eigenvalue weighted by Gasteiger charge is 2.31. The van der Waals surface area contributed by atoms with E-state index in [1.165, 1.54) is 0 Å². The second kappa shape index (κ2) is 8.51. The van der Waals surface area contributed by atoms with Crippen LogP contribution in [0.15, 0.2) is 54.6 Å². The van der Waals surface area contributed by atoms with Gasteiger partial charge in [-0.2, -0.15) is 0 Å². The lowest BCUT2D eigenvalue weighted by atomic mass is 10.1. The molecule has 9 heteroatoms. The van der Waals surface area contributed by atoms with Crippen LogP contribution in [0.5, 0.6) is 0 Å². The minimum Gasteiger partial charge on any atom is -0.364 e. The average Bonchev–Trinajstić information content (AvgIpc) is 3.47. The SMILES string of the molecule is CC(C)N1CN(C)c2c(NCc3ccc(-c4cccnc4)nc3)nc(-c3cncs3)nc21. The van der Waals surface area contributed by atoms with E-state index in [1.807, 2.05) is 36.8 Å². The molecule has 0 unspecified atom stereocenters. The van der Waals surface area contributed by atoms with Gasteiger partial charge in [0.25, 0.3) is 0 Å². The van der Waals surface area contributed by atoms with Crippen LogP contribution in [0.3, 0.4) is 0 Å². The van der Waals surface area contributed by atoms with Crippen molar-refractivity contribution in [3.63, 3.8) is 0 Å². The van der Waals surface area contributed by atoms with Crippen LogP contribution < -0.4 is 15.1 Å². The first-order valence-corrected chi connectivity index (χ1v) is 11.4. The zero-order valence-corrected chi connectivity index (χ0v) is 19.0. The Morgan fingerprint density at radius 3 is 2.69 bits per heavy atom. The van der Waals surface area contributed by atoms with Crippen molar-refractivity contribution in [1.82, 2.24) is 24.9 Å². The molecule has 1 aliphatic heterocycles. The van der Waals surface area contributed by atoms with Crippen LogP contribution in [0.1, 0.15) is 19.4 Å². The number of nitrogens with one attached hydrogen (secondary N) is 1. The van der Waals surface area contributed by atoms with E-state index >= 15 is 0 Å². The fourth-order valence-corrected chi connectivity index (χ4v) is 4.28. The number of thiazole rings is 1. The van der Waals surface area contributed by atoms with Gasteiger partial charge >= 0.3 is 0 Å². The quantitative estimate of drug-likeness (QED) is 0.472. The number of fused-ring (bicyclic) bond motifs is 1. The molecule has 162 valence electrons. The molecule has 0 saturated carbocycles. The zero-order chi connectivity index (χ0) is 22.1. The van der Waals surface area contributed by atoms with Crippen molar-refractivity contribution < 1.29 is 0 Å². The first-order chi connectivity index (χ1) is 15.6. The topological polar surface area (TPSA) is 83.0 Å². The molecule has 0 aromatic carbocycles. The van der Waals surface area contributed by atoms with Crippen molar-refractivity contribution >= 4 is 28.7 Å². The number of rotatable bonds is 6. The number of hydrogen-bond acceptors (Lipinski definition) is 9. The second-order valence-corrected chi connectivity index (χ2v) is 8.87. The molecule has 0 amide bonds. The highest BCUT2D eigenvalue weighted by Crippen LogP contribution is 2.41. The fourth-order valence-electron chi connectivity index (χ4n) is 3.73. The molecule has 5 heterocycles. The van der Waals surface area contributed by atoms with E-state index in [9.17, 15) is 0 Å². The third-order valence-corrected chi connectivity index (χ3v) is 6.17. The van der Waals surface area contributed by atoms with Crippen LogP contribution >= 0.6 is 11.3 Å². The molecule has 4 aromatic heterocycles. The molecule has 0 spiro atoms. The monoisotopic (exact) mass is 444 g/mol. The van der Waals surface area contributed by atoms with Gasteiger partial charge in [0.15, 0.2) is 17.5 Å². The Hall–Kier alpha value is -3.59. The summed E-state index contributed by atoms with van der Waals surface area (Å²) in [4.78, 5) is 28.2. The van der Waals surface area contributed by atoms with Gasteiger partial charge in [0.05, 0.1) is 22.8 Å². The molecule has 0 radical (unpaired) electrons. The number of pyridine rings is 2. The third-order valence-electron chi connectivity index (χ3n) is 5.40. The predicted molar refractivity (Wildman–Crippen MR) is 129 cm³/mol. The molecule has 4 aromatic rings. The number of anilines is 3. The zero-order valence-electron chi connectivity index (χ0n) is 18.2. The van der Waals surface area contributed by atoms with E-state index in [0.29, 0.717) is 18.4 Å². The van der Waals surface area contributed by atoms with Gasteiger partial charge in [-0.15, -0.1) is 11.3 Å². The minimum absolute atomic E-state index is 0.333. The standard InChI is InChI=1S/C23H24N8S/c1-15(2)31-14-30(3)20-22(28-21(29-23(20)31)19-12-25-13-32-19)27-10-16-6-7-18(26-9-16)17-5-4-8-24-11-17/h4-9,11-13,15H,10,14H2,1-3H3,(H,27,28,29). The van der Waals surface area contributed by atoms with E-state index in [2.05, 4.69) is 57.0 Å². The molecule has 0 aliphatic carbocycles. The van der Waals surface area contributed by atoms with Gasteiger partial charge in [0.1, 0.15) is 5.69 Å². The lowest BCUT2D eigenvalue weighted by molar-refractivity contribution is 0.695. The summed E-state index contributed by atoms with van der Waals surface area (Å²) in [7, 11) is 2.08. The summed E-state index contributed by atoms with van der Waals surface area (Å²) >= 11 is 1.54. The highest BCUT2D eigenvalue weighted by atomic mass is 32.1. The van der Waals surface area contributed by atoms with Crippen LogP contribution in [0.2, 0.25) is 0 Å². The Morgan fingerprint density at radius 2 is 2.00 bits per heavy atom. The molecule has 0 saturated heterocycles. The van der Waals surface area contributed by atoms with E-state index in [1.54, 1.807) is 23.0 Å². The van der Waals surface area contributed by atoms with Gasteiger partial charge in [0, 0.05) is 50.0 Å². The van der Waals surface area contributed by atoms with Crippen molar-refractivity contribution in [2.24, 2.45) is 0 Å². The van der Waals surface area contributed by atoms with Crippen molar-refractivity contribution in [2.75, 3.05) is 28.8 Å². The smallest absolute Gasteiger partial charge is 0.175 e. The summed E-state index contributed by atoms with van der Waals surface area (Å²) in [6.07, 6.45) is 7.29. The van der Waals surface area contributed by atoms with Crippen LogP contribution in [-0.4, -0.2) is 44.7 Å². The largest absolute Gasteiger partial charge is 0.364 e. The summed E-state index contributed by atoms with van der Waals surface area (Å²) in [6.45, 7) is 5.76. The molecule has 0 atom stereocenters. The third kappa shape index (κ3) is 3.87. The van der Waals surface area contributed by atoms with Gasteiger partial charge in [-0.05, 0) is 37.6 Å². The highest BCUT2D eigenvalue weighted by molar-refractivity contribution is 7.13. The number of hydrogen-bond donors (Lipinski definition) is 1. The summed E-state index contributed by atoms with van der Waals surface area (Å²) in [5.41, 5.74) is 5.81. The summed E-state index contributed by atoms with van der Waals surface area (Å²) in [5.74, 6) is 2.47. The lowest BCUT2D eigenvalue weighted by Gasteiger charge is -2.22. The molecule has 5 rings (SSSR count). The maximum Gasteiger partial charge on any atom is 0.175 e. The molecular formula is C23H24N8S. The van der Waals surface area contributed by atoms with E-state index < -0.39 is 0 Å². The maximum absolute atomic E-state index is 4.89. The van der Waals surface area contributed by atoms with Crippen LogP contribution in [0.25, 0.3) is 22.0 Å².